The van der Waals surface area contributed by atoms with Gasteiger partial charge in [-0.05, 0) is 63.2 Å². The Morgan fingerprint density at radius 1 is 0.643 bits per heavy atom. The lowest BCUT2D eigenvalue weighted by molar-refractivity contribution is 1.26. The zero-order valence-electron chi connectivity index (χ0n) is 7.85. The van der Waals surface area contributed by atoms with Crippen LogP contribution in [-0.4, -0.2) is 11.5 Å². The first-order chi connectivity index (χ1) is 6.95. The second-order valence-electron chi connectivity index (χ2n) is 3.11. The minimum absolute atomic E-state index is 1.11. The Kier molecular flexibility index (Phi) is 5.05. The topological polar surface area (TPSA) is 0 Å². The van der Waals surface area contributed by atoms with Crippen molar-refractivity contribution in [3.63, 3.8) is 0 Å². The van der Waals surface area contributed by atoms with Gasteiger partial charge in [-0.15, -0.1) is 0 Å². The van der Waals surface area contributed by atoms with E-state index in [1.54, 1.807) is 0 Å². The number of hydrogen-bond acceptors (Lipinski definition) is 2. The summed E-state index contributed by atoms with van der Waals surface area (Å²) in [7, 11) is 3.85. The van der Waals surface area contributed by atoms with Gasteiger partial charge in [0.25, 0.3) is 0 Å². The van der Waals surface area contributed by atoms with E-state index in [4.69, 9.17) is 0 Å². The largest absolute Gasteiger partial charge is 0.0935 e. The lowest BCUT2D eigenvalue weighted by Crippen LogP contribution is -1.96. The van der Waals surface area contributed by atoms with E-state index >= 15 is 0 Å². The molecule has 0 nitrogen and oxygen atoms in total. The van der Waals surface area contributed by atoms with E-state index < -0.39 is 0 Å². The molecule has 0 atom stereocenters. The van der Waals surface area contributed by atoms with E-state index in [0.29, 0.717) is 0 Å². The lowest BCUT2D eigenvalue weighted by atomic mass is 10.1. The van der Waals surface area contributed by atoms with Gasteiger partial charge < -0.3 is 0 Å². The molecule has 2 fully saturated rings. The van der Waals surface area contributed by atoms with E-state index in [9.17, 15) is 0 Å². The van der Waals surface area contributed by atoms with Crippen molar-refractivity contribution in [3.05, 3.63) is 63.2 Å². The van der Waals surface area contributed by atoms with Gasteiger partial charge in [0.15, 0.2) is 0 Å². The molecular formula is C12H12S2. The molecule has 0 aromatic rings. The van der Waals surface area contributed by atoms with Gasteiger partial charge in [0, 0.05) is 11.5 Å². The van der Waals surface area contributed by atoms with Crippen molar-refractivity contribution in [1.82, 2.24) is 0 Å². The van der Waals surface area contributed by atoms with Crippen molar-refractivity contribution in [3.8, 4) is 0 Å². The summed E-state index contributed by atoms with van der Waals surface area (Å²) in [6.07, 6.45) is 17.1. The zero-order chi connectivity index (χ0) is 9.64. The molecule has 2 saturated carbocycles. The highest BCUT2D eigenvalue weighted by Gasteiger charge is 2.19. The van der Waals surface area contributed by atoms with Crippen LogP contribution < -0.4 is 0 Å². The van der Waals surface area contributed by atoms with E-state index in [-0.39, 0.29) is 0 Å². The third-order valence-corrected chi connectivity index (χ3v) is 4.27. The standard InChI is InChI=1S/C12H12S2/c1-2-6-11(5-1)9-13-14-10-12-7-3-4-8-12/h1-8H,9-10H2. The molecule has 0 amide bonds. The average Bonchev–Trinajstić information content (AvgIpc) is 2.86. The van der Waals surface area contributed by atoms with Crippen molar-refractivity contribution >= 4 is 21.6 Å². The van der Waals surface area contributed by atoms with Gasteiger partial charge in [-0.2, -0.15) is 0 Å². The molecule has 2 aliphatic carbocycles. The average molecular weight is 220 g/mol. The third kappa shape index (κ3) is 3.69. The molecule has 14 heavy (non-hydrogen) atoms. The second-order valence-corrected chi connectivity index (χ2v) is 5.57. The van der Waals surface area contributed by atoms with Gasteiger partial charge in [-0.25, -0.2) is 0 Å². The van der Waals surface area contributed by atoms with E-state index in [1.165, 1.54) is 11.8 Å². The van der Waals surface area contributed by atoms with Gasteiger partial charge in [0.2, 0.25) is 0 Å². The molecule has 2 heteroatoms. The number of hydrogen-bond donors (Lipinski definition) is 0. The first-order valence-electron chi connectivity index (χ1n) is 4.61. The summed E-state index contributed by atoms with van der Waals surface area (Å²) in [6, 6.07) is 0. The van der Waals surface area contributed by atoms with E-state index in [2.05, 4.69) is 51.4 Å². The molecule has 0 aromatic carbocycles. The van der Waals surface area contributed by atoms with Crippen LogP contribution in [0.2, 0.25) is 0 Å². The van der Waals surface area contributed by atoms with Crippen molar-refractivity contribution in [2.24, 2.45) is 0 Å². The highest BCUT2D eigenvalue weighted by Crippen LogP contribution is 2.35. The molecule has 0 aromatic heterocycles. The lowest BCUT2D eigenvalue weighted by Gasteiger charge is -2.08. The first kappa shape index (κ1) is 11.2. The van der Waals surface area contributed by atoms with Gasteiger partial charge in [-0.3, -0.25) is 0 Å². The van der Waals surface area contributed by atoms with Gasteiger partial charge >= 0.3 is 0 Å². The predicted octanol–water partition coefficient (Wildman–Crippen LogP) is 3.18. The Morgan fingerprint density at radius 3 is 1.36 bits per heavy atom. The quantitative estimate of drug-likeness (QED) is 0.515. The molecule has 0 N–H and O–H groups in total. The molecule has 0 unspecified atom stereocenters. The van der Waals surface area contributed by atoms with Crippen LogP contribution in [0.4, 0.5) is 0 Å². The van der Waals surface area contributed by atoms with Crippen molar-refractivity contribution in [2.45, 2.75) is 0 Å². The van der Waals surface area contributed by atoms with E-state index in [1.807, 2.05) is 21.6 Å². The van der Waals surface area contributed by atoms with Crippen LogP contribution in [0.1, 0.15) is 0 Å². The fraction of sp³-hybridized carbons (Fsp3) is 0.167. The second kappa shape index (κ2) is 6.32. The molecule has 0 spiro atoms. The minimum Gasteiger partial charge on any atom is -0.0935 e. The molecule has 0 saturated heterocycles. The zero-order valence-corrected chi connectivity index (χ0v) is 9.48. The molecular weight excluding hydrogens is 208 g/mol. The normalized spacial score (nSPS) is 24.9. The Morgan fingerprint density at radius 2 is 1.00 bits per heavy atom. The Labute approximate surface area is 96.4 Å². The molecule has 2 aliphatic rings. The van der Waals surface area contributed by atoms with Crippen LogP contribution in [0.25, 0.3) is 0 Å². The minimum atomic E-state index is 1.11. The summed E-state index contributed by atoms with van der Waals surface area (Å²) >= 11 is 0. The molecule has 0 bridgehead atoms. The van der Waals surface area contributed by atoms with Crippen LogP contribution in [0.5, 0.6) is 0 Å². The van der Waals surface area contributed by atoms with Gasteiger partial charge in [-0.1, -0.05) is 21.6 Å². The predicted molar refractivity (Wildman–Crippen MR) is 65.8 cm³/mol. The first-order valence-corrected chi connectivity index (χ1v) is 7.09. The highest BCUT2D eigenvalue weighted by atomic mass is 33.1. The smallest absolute Gasteiger partial charge is 0.0105 e. The molecule has 2 rings (SSSR count). The van der Waals surface area contributed by atoms with Gasteiger partial charge in [0.05, 0.1) is 0 Å². The fourth-order valence-electron chi connectivity index (χ4n) is 1.24. The maximum Gasteiger partial charge on any atom is 0.0105 e. The fourth-order valence-corrected chi connectivity index (χ4v) is 3.38. The van der Waals surface area contributed by atoms with Crippen LogP contribution in [0.3, 0.4) is 0 Å². The summed E-state index contributed by atoms with van der Waals surface area (Å²) in [5.41, 5.74) is 0. The van der Waals surface area contributed by atoms with Gasteiger partial charge in [0.1, 0.15) is 0 Å². The van der Waals surface area contributed by atoms with Crippen molar-refractivity contribution < 1.29 is 0 Å². The molecule has 10 radical (unpaired) electrons. The highest BCUT2D eigenvalue weighted by molar-refractivity contribution is 8.76. The Balaban J connectivity index is 1.46. The van der Waals surface area contributed by atoms with Crippen molar-refractivity contribution in [1.29, 1.82) is 0 Å². The van der Waals surface area contributed by atoms with Crippen LogP contribution in [0, 0.1) is 63.2 Å². The third-order valence-electron chi connectivity index (χ3n) is 2.00. The molecule has 0 aliphatic heterocycles. The molecule has 0 heterocycles. The monoisotopic (exact) mass is 220 g/mol. The summed E-state index contributed by atoms with van der Waals surface area (Å²) in [5, 5.41) is 0. The van der Waals surface area contributed by atoms with Crippen LogP contribution in [-0.2, 0) is 0 Å². The maximum absolute atomic E-state index is 2.18. The summed E-state index contributed by atoms with van der Waals surface area (Å²) in [4.78, 5) is 0. The Bertz CT molecular complexity index is 128. The van der Waals surface area contributed by atoms with Crippen LogP contribution >= 0.6 is 21.6 Å². The summed E-state index contributed by atoms with van der Waals surface area (Å²) < 4.78 is 0. The summed E-state index contributed by atoms with van der Waals surface area (Å²) in [6.45, 7) is 0. The summed E-state index contributed by atoms with van der Waals surface area (Å²) in [5.74, 6) is 5.06. The van der Waals surface area contributed by atoms with E-state index in [0.717, 1.165) is 11.5 Å². The number of rotatable bonds is 5. The molecule has 72 valence electrons. The Hall–Kier alpha value is 0.700. The SMILES string of the molecule is [CH]1[CH][CH][C](CSSC[C]2[CH][CH][CH][CH]2)[CH]1. The van der Waals surface area contributed by atoms with Crippen molar-refractivity contribution in [2.75, 3.05) is 11.5 Å². The van der Waals surface area contributed by atoms with Crippen LogP contribution in [0.15, 0.2) is 0 Å². The maximum atomic E-state index is 2.18.